The molecule has 2 aliphatic rings. The number of aromatic nitrogens is 1. The molecule has 0 spiro atoms. The van der Waals surface area contributed by atoms with Gasteiger partial charge in [0.1, 0.15) is 29.3 Å². The van der Waals surface area contributed by atoms with Crippen molar-refractivity contribution in [2.45, 2.75) is 31.2 Å². The van der Waals surface area contributed by atoms with Gasteiger partial charge in [0.15, 0.2) is 11.1 Å². The van der Waals surface area contributed by atoms with E-state index in [4.69, 9.17) is 13.9 Å². The maximum absolute atomic E-state index is 14.1. The first-order valence-corrected chi connectivity index (χ1v) is 10.4. The number of rotatable bonds is 4. The fourth-order valence-corrected chi connectivity index (χ4v) is 4.58. The number of hydrogen-bond acceptors (Lipinski definition) is 7. The van der Waals surface area contributed by atoms with Crippen LogP contribution in [0.5, 0.6) is 11.5 Å². The summed E-state index contributed by atoms with van der Waals surface area (Å²) in [6, 6.07) is 9.52. The number of hydrogen-bond donors (Lipinski definition) is 2. The number of oxazole rings is 1. The van der Waals surface area contributed by atoms with E-state index in [0.717, 1.165) is 5.01 Å². The summed E-state index contributed by atoms with van der Waals surface area (Å²) in [5, 5.41) is 4.03. The number of carbonyl (C=O) groups is 1. The molecule has 0 saturated carbocycles. The van der Waals surface area contributed by atoms with E-state index in [1.807, 2.05) is 0 Å². The van der Waals surface area contributed by atoms with Crippen LogP contribution in [0.2, 0.25) is 0 Å². The lowest BCUT2D eigenvalue weighted by Crippen LogP contribution is -2.54. The normalized spacial score (nSPS) is 22.7. The second-order valence-electron chi connectivity index (χ2n) is 8.01. The maximum Gasteiger partial charge on any atom is 0.406 e. The van der Waals surface area contributed by atoms with Crippen LogP contribution in [0.1, 0.15) is 24.3 Å². The number of halogens is 3. The molecule has 2 aromatic carbocycles. The zero-order chi connectivity index (χ0) is 24.2. The first kappa shape index (κ1) is 22.1. The highest BCUT2D eigenvalue weighted by molar-refractivity contribution is 6.20. The third-order valence-electron chi connectivity index (χ3n) is 6.09. The van der Waals surface area contributed by atoms with Gasteiger partial charge in [0.25, 0.3) is 5.91 Å². The molecule has 5 rings (SSSR count). The summed E-state index contributed by atoms with van der Waals surface area (Å²) >= 11 is 0. The van der Waals surface area contributed by atoms with Gasteiger partial charge < -0.3 is 19.2 Å². The van der Waals surface area contributed by atoms with Crippen LogP contribution in [-0.4, -0.2) is 48.5 Å². The minimum absolute atomic E-state index is 0.0148. The Labute approximate surface area is 192 Å². The lowest BCUT2D eigenvalue weighted by Gasteiger charge is -2.34. The van der Waals surface area contributed by atoms with Gasteiger partial charge in [-0.2, -0.15) is 13.2 Å². The molecule has 3 aromatic rings. The number of nitrogens with one attached hydrogen (secondary N) is 2. The molecule has 3 atom stereocenters. The van der Waals surface area contributed by atoms with E-state index >= 15 is 0 Å². The van der Waals surface area contributed by atoms with E-state index in [1.54, 1.807) is 49.4 Å². The molecule has 178 valence electrons. The van der Waals surface area contributed by atoms with Crippen LogP contribution in [0.15, 0.2) is 52.6 Å². The third-order valence-corrected chi connectivity index (χ3v) is 6.09. The molecule has 2 aliphatic heterocycles. The number of carbonyl (C=O) groups excluding carboxylic acids is 1. The Hall–Kier alpha value is -3.73. The molecule has 1 amide bonds. The second kappa shape index (κ2) is 7.94. The molecule has 34 heavy (non-hydrogen) atoms. The number of alkyl halides is 3. The predicted octanol–water partition coefficient (Wildman–Crippen LogP) is 3.57. The number of hydrazine groups is 1. The van der Waals surface area contributed by atoms with Crippen molar-refractivity contribution in [1.82, 2.24) is 20.7 Å². The van der Waals surface area contributed by atoms with E-state index in [1.165, 1.54) is 14.2 Å². The highest BCUT2D eigenvalue weighted by Gasteiger charge is 2.58. The Morgan fingerprint density at radius 2 is 1.76 bits per heavy atom. The van der Waals surface area contributed by atoms with Gasteiger partial charge >= 0.3 is 6.18 Å². The highest BCUT2D eigenvalue weighted by Crippen LogP contribution is 2.45. The number of nitrogens with zero attached hydrogens (tertiary/aromatic N) is 2. The van der Waals surface area contributed by atoms with Crippen molar-refractivity contribution in [2.24, 2.45) is 0 Å². The number of amides is 1. The van der Waals surface area contributed by atoms with Crippen LogP contribution in [0.25, 0.3) is 16.7 Å². The number of ether oxygens (including phenoxy) is 2. The molecular weight excluding hydrogens is 453 g/mol. The molecule has 1 saturated heterocycles. The summed E-state index contributed by atoms with van der Waals surface area (Å²) in [6.45, 7) is 1.61. The van der Waals surface area contributed by atoms with E-state index < -0.39 is 30.2 Å². The molecule has 8 nitrogen and oxygen atoms in total. The lowest BCUT2D eigenvalue weighted by molar-refractivity contribution is -0.161. The van der Waals surface area contributed by atoms with Crippen LogP contribution in [0.4, 0.5) is 13.2 Å². The van der Waals surface area contributed by atoms with Gasteiger partial charge in [-0.1, -0.05) is 24.3 Å². The van der Waals surface area contributed by atoms with E-state index in [-0.39, 0.29) is 11.5 Å². The Balaban J connectivity index is 1.60. The number of methoxy groups -OCH3 is 2. The van der Waals surface area contributed by atoms with E-state index in [9.17, 15) is 18.0 Å². The minimum Gasteiger partial charge on any atom is -0.496 e. The molecule has 3 unspecified atom stereocenters. The lowest BCUT2D eigenvalue weighted by atomic mass is 9.88. The third kappa shape index (κ3) is 3.35. The quantitative estimate of drug-likeness (QED) is 0.598. The van der Waals surface area contributed by atoms with Gasteiger partial charge in [-0.15, -0.1) is 0 Å². The van der Waals surface area contributed by atoms with E-state index in [0.29, 0.717) is 33.9 Å². The summed E-state index contributed by atoms with van der Waals surface area (Å²) in [7, 11) is 2.88. The Kier molecular flexibility index (Phi) is 5.16. The van der Waals surface area contributed by atoms with Crippen LogP contribution in [0.3, 0.4) is 0 Å². The summed E-state index contributed by atoms with van der Waals surface area (Å²) in [5.41, 5.74) is 3.88. The number of benzene rings is 2. The Morgan fingerprint density at radius 1 is 1.06 bits per heavy atom. The topological polar surface area (TPSA) is 88.9 Å². The average Bonchev–Trinajstić information content (AvgIpc) is 3.40. The van der Waals surface area contributed by atoms with Crippen molar-refractivity contribution in [3.63, 3.8) is 0 Å². The van der Waals surface area contributed by atoms with Crippen molar-refractivity contribution in [1.29, 1.82) is 0 Å². The van der Waals surface area contributed by atoms with Crippen LogP contribution in [-0.2, 0) is 4.79 Å². The summed E-state index contributed by atoms with van der Waals surface area (Å²) in [5.74, 6) is -1.11. The first-order chi connectivity index (χ1) is 16.2. The molecule has 0 bridgehead atoms. The Morgan fingerprint density at radius 3 is 2.47 bits per heavy atom. The van der Waals surface area contributed by atoms with Gasteiger partial charge in [-0.3, -0.25) is 4.79 Å². The SMILES string of the molecule is COc1ccccc1C1C2NC(C)=C(c3nc4c(OC)cccc4o3)C(=O)N2NC1C(F)(F)F. The van der Waals surface area contributed by atoms with Gasteiger partial charge in [0.2, 0.25) is 5.89 Å². The second-order valence-corrected chi connectivity index (χ2v) is 8.01. The minimum atomic E-state index is -4.64. The van der Waals surface area contributed by atoms with Crippen LogP contribution in [0, 0.1) is 0 Å². The molecular formula is C23H21F3N4O4. The molecule has 0 radical (unpaired) electrons. The largest absolute Gasteiger partial charge is 0.496 e. The average molecular weight is 474 g/mol. The molecule has 3 heterocycles. The summed E-state index contributed by atoms with van der Waals surface area (Å²) in [4.78, 5) is 17.9. The molecule has 1 fully saturated rings. The van der Waals surface area contributed by atoms with Crippen molar-refractivity contribution >= 4 is 22.6 Å². The molecule has 2 N–H and O–H groups in total. The molecule has 1 aromatic heterocycles. The van der Waals surface area contributed by atoms with Gasteiger partial charge in [0, 0.05) is 11.3 Å². The first-order valence-electron chi connectivity index (χ1n) is 10.4. The standard InChI is InChI=1S/C23H21F3N4O4/c1-11-16(21-28-18-14(33-3)9-6-10-15(18)34-21)22(31)30-20(27-11)17(19(29-30)23(24,25)26)12-7-4-5-8-13(12)32-2/h4-10,17,19-20,27,29H,1-3H3. The van der Waals surface area contributed by atoms with Crippen molar-refractivity contribution < 1.29 is 31.9 Å². The number of fused-ring (bicyclic) bond motifs is 2. The van der Waals surface area contributed by atoms with Crippen molar-refractivity contribution in [3.8, 4) is 11.5 Å². The van der Waals surface area contributed by atoms with Gasteiger partial charge in [-0.05, 0) is 25.1 Å². The monoisotopic (exact) mass is 474 g/mol. The number of para-hydroxylation sites is 2. The summed E-state index contributed by atoms with van der Waals surface area (Å²) in [6.07, 6.45) is -5.65. The molecule has 0 aliphatic carbocycles. The fraction of sp³-hybridized carbons (Fsp3) is 0.304. The molecule has 11 heteroatoms. The van der Waals surface area contributed by atoms with Crippen molar-refractivity contribution in [2.75, 3.05) is 14.2 Å². The fourth-order valence-electron chi connectivity index (χ4n) is 4.58. The van der Waals surface area contributed by atoms with Gasteiger partial charge in [0.05, 0.1) is 20.1 Å². The predicted molar refractivity (Wildman–Crippen MR) is 116 cm³/mol. The highest BCUT2D eigenvalue weighted by atomic mass is 19.4. The Bertz CT molecular complexity index is 1300. The maximum atomic E-state index is 14.1. The van der Waals surface area contributed by atoms with Crippen LogP contribution >= 0.6 is 0 Å². The zero-order valence-electron chi connectivity index (χ0n) is 18.4. The number of allylic oxidation sites excluding steroid dienone is 1. The van der Waals surface area contributed by atoms with Crippen molar-refractivity contribution in [3.05, 3.63) is 59.6 Å². The zero-order valence-corrected chi connectivity index (χ0v) is 18.4. The smallest absolute Gasteiger partial charge is 0.406 e. The van der Waals surface area contributed by atoms with E-state index in [2.05, 4.69) is 15.7 Å². The van der Waals surface area contributed by atoms with Crippen LogP contribution < -0.4 is 20.2 Å². The van der Waals surface area contributed by atoms with Gasteiger partial charge in [-0.25, -0.2) is 15.4 Å². The summed E-state index contributed by atoms with van der Waals surface area (Å²) < 4.78 is 58.7.